The number of nitrogens with zero attached hydrogens (tertiary/aromatic N) is 4. The average Bonchev–Trinajstić information content (AvgIpc) is 2.95. The van der Waals surface area contributed by atoms with Crippen molar-refractivity contribution in [2.24, 2.45) is 0 Å². The van der Waals surface area contributed by atoms with Crippen molar-refractivity contribution in [3.8, 4) is 11.4 Å². The van der Waals surface area contributed by atoms with E-state index in [4.69, 9.17) is 0 Å². The van der Waals surface area contributed by atoms with Crippen LogP contribution in [0.4, 0.5) is 0 Å². The van der Waals surface area contributed by atoms with E-state index in [0.29, 0.717) is 12.3 Å². The zero-order valence-electron chi connectivity index (χ0n) is 14.0. The molecule has 0 aliphatic rings. The molecular formula is C17H24N4OS. The molecule has 0 saturated heterocycles. The van der Waals surface area contributed by atoms with Gasteiger partial charge in [0.05, 0.1) is 5.60 Å². The number of aromatic nitrogens is 4. The molecule has 0 aliphatic carbocycles. The first-order chi connectivity index (χ1) is 11.0. The Balaban J connectivity index is 2.30. The molecule has 0 fully saturated rings. The molecule has 0 saturated carbocycles. The van der Waals surface area contributed by atoms with Crippen molar-refractivity contribution in [2.45, 2.75) is 50.9 Å². The molecule has 0 spiro atoms. The van der Waals surface area contributed by atoms with Crippen molar-refractivity contribution in [1.82, 2.24) is 19.7 Å². The molecule has 2 heterocycles. The van der Waals surface area contributed by atoms with Crippen molar-refractivity contribution < 1.29 is 5.11 Å². The molecule has 0 atom stereocenters. The predicted molar refractivity (Wildman–Crippen MR) is 94.3 cm³/mol. The second-order valence-electron chi connectivity index (χ2n) is 5.81. The summed E-state index contributed by atoms with van der Waals surface area (Å²) in [6, 6.07) is 3.84. The topological polar surface area (TPSA) is 63.8 Å². The lowest BCUT2D eigenvalue weighted by Gasteiger charge is -2.24. The van der Waals surface area contributed by atoms with Gasteiger partial charge in [0, 0.05) is 30.3 Å². The Kier molecular flexibility index (Phi) is 5.96. The summed E-state index contributed by atoms with van der Waals surface area (Å²) in [6.45, 7) is 10.7. The summed E-state index contributed by atoms with van der Waals surface area (Å²) in [4.78, 5) is 4.05. The lowest BCUT2D eigenvalue weighted by atomic mass is 10.0. The molecular weight excluding hydrogens is 308 g/mol. The summed E-state index contributed by atoms with van der Waals surface area (Å²) in [5, 5.41) is 19.9. The highest BCUT2D eigenvalue weighted by atomic mass is 32.2. The summed E-state index contributed by atoms with van der Waals surface area (Å²) < 4.78 is 2.05. The predicted octanol–water partition coefficient (Wildman–Crippen LogP) is 3.56. The Bertz CT molecular complexity index is 650. The number of hydrogen-bond acceptors (Lipinski definition) is 5. The second-order valence-corrected chi connectivity index (χ2v) is 6.75. The monoisotopic (exact) mass is 332 g/mol. The molecule has 0 aliphatic heterocycles. The van der Waals surface area contributed by atoms with Gasteiger partial charge in [-0.05, 0) is 31.9 Å². The third kappa shape index (κ3) is 4.42. The molecule has 1 N–H and O–H groups in total. The second kappa shape index (κ2) is 7.75. The minimum absolute atomic E-state index is 0.602. The Morgan fingerprint density at radius 2 is 1.91 bits per heavy atom. The third-order valence-corrected chi connectivity index (χ3v) is 5.11. The van der Waals surface area contributed by atoms with Gasteiger partial charge < -0.3 is 5.11 Å². The van der Waals surface area contributed by atoms with E-state index in [1.54, 1.807) is 24.2 Å². The van der Waals surface area contributed by atoms with Gasteiger partial charge >= 0.3 is 0 Å². The quantitative estimate of drug-likeness (QED) is 0.591. The Morgan fingerprint density at radius 3 is 2.48 bits per heavy atom. The SMILES string of the molecule is C=C(C)Cn1c(SCC(O)(CC)CC)nnc1-c1ccncc1. The highest BCUT2D eigenvalue weighted by Crippen LogP contribution is 2.29. The summed E-state index contributed by atoms with van der Waals surface area (Å²) in [7, 11) is 0. The number of thioether (sulfide) groups is 1. The van der Waals surface area contributed by atoms with Crippen LogP contribution in [-0.4, -0.2) is 36.2 Å². The zero-order valence-corrected chi connectivity index (χ0v) is 14.8. The fourth-order valence-corrected chi connectivity index (χ4v) is 3.39. The molecule has 0 bridgehead atoms. The molecule has 0 radical (unpaired) electrons. The van der Waals surface area contributed by atoms with E-state index >= 15 is 0 Å². The van der Waals surface area contributed by atoms with Gasteiger partial charge in [0.2, 0.25) is 0 Å². The van der Waals surface area contributed by atoms with Crippen LogP contribution >= 0.6 is 11.8 Å². The molecule has 5 nitrogen and oxygen atoms in total. The minimum atomic E-state index is -0.665. The minimum Gasteiger partial charge on any atom is -0.389 e. The smallest absolute Gasteiger partial charge is 0.191 e. The molecule has 0 aromatic carbocycles. The first-order valence-electron chi connectivity index (χ1n) is 7.82. The van der Waals surface area contributed by atoms with Crippen LogP contribution in [0.3, 0.4) is 0 Å². The molecule has 0 amide bonds. The standard InChI is InChI=1S/C17H24N4OS/c1-5-17(22,6-2)12-23-16-20-19-15(21(16)11-13(3)4)14-7-9-18-10-8-14/h7-10,22H,3,5-6,11-12H2,1-2,4H3. The van der Waals surface area contributed by atoms with Gasteiger partial charge in [-0.3, -0.25) is 9.55 Å². The van der Waals surface area contributed by atoms with Crippen molar-refractivity contribution in [3.05, 3.63) is 36.7 Å². The van der Waals surface area contributed by atoms with Crippen LogP contribution in [0.15, 0.2) is 41.8 Å². The van der Waals surface area contributed by atoms with Crippen LogP contribution in [0, 0.1) is 0 Å². The molecule has 23 heavy (non-hydrogen) atoms. The van der Waals surface area contributed by atoms with Crippen LogP contribution in [0.1, 0.15) is 33.6 Å². The van der Waals surface area contributed by atoms with Gasteiger partial charge in [-0.15, -0.1) is 10.2 Å². The number of aliphatic hydroxyl groups is 1. The van der Waals surface area contributed by atoms with E-state index in [1.807, 2.05) is 37.5 Å². The molecule has 2 aromatic rings. The van der Waals surface area contributed by atoms with Crippen LogP contribution < -0.4 is 0 Å². The summed E-state index contributed by atoms with van der Waals surface area (Å²) in [5.41, 5.74) is 1.34. The van der Waals surface area contributed by atoms with Gasteiger partial charge in [-0.2, -0.15) is 0 Å². The van der Waals surface area contributed by atoms with E-state index in [-0.39, 0.29) is 0 Å². The van der Waals surface area contributed by atoms with Crippen molar-refractivity contribution >= 4 is 11.8 Å². The van der Waals surface area contributed by atoms with Crippen LogP contribution in [0.5, 0.6) is 0 Å². The molecule has 124 valence electrons. The van der Waals surface area contributed by atoms with Gasteiger partial charge in [-0.1, -0.05) is 37.8 Å². The van der Waals surface area contributed by atoms with Gasteiger partial charge in [0.15, 0.2) is 11.0 Å². The fourth-order valence-electron chi connectivity index (χ4n) is 2.18. The van der Waals surface area contributed by atoms with Crippen molar-refractivity contribution in [3.63, 3.8) is 0 Å². The molecule has 2 rings (SSSR count). The maximum absolute atomic E-state index is 10.5. The first kappa shape index (κ1) is 17.7. The average molecular weight is 332 g/mol. The maximum atomic E-state index is 10.5. The van der Waals surface area contributed by atoms with Gasteiger partial charge in [-0.25, -0.2) is 0 Å². The normalized spacial score (nSPS) is 11.7. The number of hydrogen-bond donors (Lipinski definition) is 1. The fraction of sp³-hybridized carbons (Fsp3) is 0.471. The van der Waals surface area contributed by atoms with Gasteiger partial charge in [0.1, 0.15) is 0 Å². The number of pyridine rings is 1. The summed E-state index contributed by atoms with van der Waals surface area (Å²) in [6.07, 6.45) is 4.94. The van der Waals surface area contributed by atoms with Crippen LogP contribution in [-0.2, 0) is 6.54 Å². The largest absolute Gasteiger partial charge is 0.389 e. The molecule has 2 aromatic heterocycles. The highest BCUT2D eigenvalue weighted by Gasteiger charge is 2.24. The Labute approximate surface area is 141 Å². The van der Waals surface area contributed by atoms with Crippen LogP contribution in [0.2, 0.25) is 0 Å². The van der Waals surface area contributed by atoms with E-state index < -0.39 is 5.60 Å². The molecule has 6 heteroatoms. The number of allylic oxidation sites excluding steroid dienone is 1. The molecule has 0 unspecified atom stereocenters. The van der Waals surface area contributed by atoms with Gasteiger partial charge in [0.25, 0.3) is 0 Å². The summed E-state index contributed by atoms with van der Waals surface area (Å²) >= 11 is 1.54. The highest BCUT2D eigenvalue weighted by molar-refractivity contribution is 7.99. The zero-order chi connectivity index (χ0) is 16.9. The number of rotatable bonds is 8. The van der Waals surface area contributed by atoms with Crippen molar-refractivity contribution in [2.75, 3.05) is 5.75 Å². The Hall–Kier alpha value is -1.66. The maximum Gasteiger partial charge on any atom is 0.191 e. The van der Waals surface area contributed by atoms with E-state index in [9.17, 15) is 5.11 Å². The third-order valence-electron chi connectivity index (χ3n) is 3.87. The van der Waals surface area contributed by atoms with E-state index in [2.05, 4.69) is 21.8 Å². The van der Waals surface area contributed by atoms with E-state index in [0.717, 1.165) is 35.0 Å². The van der Waals surface area contributed by atoms with Crippen molar-refractivity contribution in [1.29, 1.82) is 0 Å². The lowest BCUT2D eigenvalue weighted by molar-refractivity contribution is 0.0571. The van der Waals surface area contributed by atoms with E-state index in [1.165, 1.54) is 0 Å². The first-order valence-corrected chi connectivity index (χ1v) is 8.81. The summed E-state index contributed by atoms with van der Waals surface area (Å²) in [5.74, 6) is 1.40. The lowest BCUT2D eigenvalue weighted by Crippen LogP contribution is -2.29. The Morgan fingerprint density at radius 1 is 1.26 bits per heavy atom. The van der Waals surface area contributed by atoms with Crippen LogP contribution in [0.25, 0.3) is 11.4 Å².